The van der Waals surface area contributed by atoms with E-state index in [2.05, 4.69) is 24.4 Å². The molecule has 0 bridgehead atoms. The van der Waals surface area contributed by atoms with E-state index in [9.17, 15) is 4.79 Å². The zero-order valence-electron chi connectivity index (χ0n) is 16.7. The summed E-state index contributed by atoms with van der Waals surface area (Å²) in [5.74, 6) is 1.55. The molecule has 1 aliphatic rings. The average molecular weight is 383 g/mol. The van der Waals surface area contributed by atoms with Crippen molar-refractivity contribution in [2.24, 2.45) is 0 Å². The standard InChI is InChI=1S/C23H29NO4/c1-3-14-28-21-8-4-18(5-9-21)22(25)24-17-23(12-15-27-16-13-23)19-6-10-20(26-2)11-7-19/h4-11H,3,12-17H2,1-2H3,(H,24,25). The Morgan fingerprint density at radius 1 is 1.04 bits per heavy atom. The van der Waals surface area contributed by atoms with Crippen LogP contribution in [-0.4, -0.2) is 39.4 Å². The van der Waals surface area contributed by atoms with E-state index in [1.54, 1.807) is 7.11 Å². The summed E-state index contributed by atoms with van der Waals surface area (Å²) in [6.45, 7) is 4.72. The fourth-order valence-corrected chi connectivity index (χ4v) is 3.55. The van der Waals surface area contributed by atoms with Crippen LogP contribution in [0.1, 0.15) is 42.1 Å². The van der Waals surface area contributed by atoms with Crippen LogP contribution in [0.5, 0.6) is 11.5 Å². The van der Waals surface area contributed by atoms with E-state index in [4.69, 9.17) is 14.2 Å². The molecule has 1 N–H and O–H groups in total. The van der Waals surface area contributed by atoms with Gasteiger partial charge in [-0.3, -0.25) is 4.79 Å². The molecule has 5 heteroatoms. The number of carbonyl (C=O) groups is 1. The average Bonchev–Trinajstić information content (AvgIpc) is 2.77. The lowest BCUT2D eigenvalue weighted by Gasteiger charge is -2.38. The van der Waals surface area contributed by atoms with Gasteiger partial charge in [0.2, 0.25) is 0 Å². The van der Waals surface area contributed by atoms with E-state index in [1.807, 2.05) is 36.4 Å². The van der Waals surface area contributed by atoms with Gasteiger partial charge in [-0.05, 0) is 61.2 Å². The van der Waals surface area contributed by atoms with Gasteiger partial charge in [-0.25, -0.2) is 0 Å². The molecule has 1 saturated heterocycles. The minimum Gasteiger partial charge on any atom is -0.497 e. The predicted octanol–water partition coefficient (Wildman–Crippen LogP) is 3.96. The van der Waals surface area contributed by atoms with Crippen molar-refractivity contribution in [2.75, 3.05) is 33.5 Å². The molecule has 150 valence electrons. The van der Waals surface area contributed by atoms with Crippen molar-refractivity contribution in [3.05, 3.63) is 59.7 Å². The van der Waals surface area contributed by atoms with E-state index in [0.717, 1.165) is 30.8 Å². The largest absolute Gasteiger partial charge is 0.497 e. The predicted molar refractivity (Wildman–Crippen MR) is 109 cm³/mol. The van der Waals surface area contributed by atoms with Gasteiger partial charge in [0.15, 0.2) is 0 Å². The van der Waals surface area contributed by atoms with Crippen LogP contribution in [0.4, 0.5) is 0 Å². The topological polar surface area (TPSA) is 56.8 Å². The Bertz CT molecular complexity index is 749. The highest BCUT2D eigenvalue weighted by Gasteiger charge is 2.35. The van der Waals surface area contributed by atoms with Crippen LogP contribution < -0.4 is 14.8 Å². The summed E-state index contributed by atoms with van der Waals surface area (Å²) in [5.41, 5.74) is 1.73. The number of methoxy groups -OCH3 is 1. The van der Waals surface area contributed by atoms with Crippen molar-refractivity contribution in [3.63, 3.8) is 0 Å². The maximum Gasteiger partial charge on any atom is 0.251 e. The molecule has 0 spiro atoms. The number of amides is 1. The minimum atomic E-state index is -0.121. The maximum atomic E-state index is 12.7. The Labute approximate surface area is 167 Å². The van der Waals surface area contributed by atoms with Gasteiger partial charge < -0.3 is 19.5 Å². The number of hydrogen-bond acceptors (Lipinski definition) is 4. The summed E-state index contributed by atoms with van der Waals surface area (Å²) in [6.07, 6.45) is 2.71. The number of carbonyl (C=O) groups excluding carboxylic acids is 1. The summed E-state index contributed by atoms with van der Waals surface area (Å²) >= 11 is 0. The van der Waals surface area contributed by atoms with Gasteiger partial charge in [0.1, 0.15) is 11.5 Å². The van der Waals surface area contributed by atoms with Crippen molar-refractivity contribution >= 4 is 5.91 Å². The monoisotopic (exact) mass is 383 g/mol. The second-order valence-electron chi connectivity index (χ2n) is 7.18. The zero-order valence-corrected chi connectivity index (χ0v) is 16.7. The highest BCUT2D eigenvalue weighted by molar-refractivity contribution is 5.94. The molecule has 0 atom stereocenters. The Balaban J connectivity index is 1.68. The van der Waals surface area contributed by atoms with Gasteiger partial charge in [-0.1, -0.05) is 19.1 Å². The molecular formula is C23H29NO4. The quantitative estimate of drug-likeness (QED) is 0.750. The Kier molecular flexibility index (Phi) is 6.93. The van der Waals surface area contributed by atoms with Crippen molar-refractivity contribution in [1.82, 2.24) is 5.32 Å². The molecule has 5 nitrogen and oxygen atoms in total. The molecule has 28 heavy (non-hydrogen) atoms. The van der Waals surface area contributed by atoms with Crippen LogP contribution >= 0.6 is 0 Å². The van der Waals surface area contributed by atoms with Gasteiger partial charge >= 0.3 is 0 Å². The van der Waals surface area contributed by atoms with Crippen LogP contribution in [0.3, 0.4) is 0 Å². The number of nitrogens with one attached hydrogen (secondary N) is 1. The van der Waals surface area contributed by atoms with Crippen LogP contribution in [0.25, 0.3) is 0 Å². The molecule has 1 heterocycles. The van der Waals surface area contributed by atoms with Gasteiger partial charge in [0.25, 0.3) is 5.91 Å². The molecule has 3 rings (SSSR count). The maximum absolute atomic E-state index is 12.7. The van der Waals surface area contributed by atoms with Gasteiger partial charge in [0, 0.05) is 30.7 Å². The van der Waals surface area contributed by atoms with Crippen molar-refractivity contribution < 1.29 is 19.0 Å². The molecule has 1 aliphatic heterocycles. The normalized spacial score (nSPS) is 15.6. The third-order valence-corrected chi connectivity index (χ3v) is 5.33. The van der Waals surface area contributed by atoms with E-state index >= 15 is 0 Å². The molecule has 0 saturated carbocycles. The number of benzene rings is 2. The molecule has 2 aromatic rings. The van der Waals surface area contributed by atoms with Crippen LogP contribution in [0.2, 0.25) is 0 Å². The molecule has 2 aromatic carbocycles. The van der Waals surface area contributed by atoms with E-state index < -0.39 is 0 Å². The highest BCUT2D eigenvalue weighted by Crippen LogP contribution is 2.35. The molecule has 0 radical (unpaired) electrons. The molecule has 1 amide bonds. The lowest BCUT2D eigenvalue weighted by Crippen LogP contribution is -2.44. The van der Waals surface area contributed by atoms with Crippen LogP contribution in [0, 0.1) is 0 Å². The molecular weight excluding hydrogens is 354 g/mol. The number of ether oxygens (including phenoxy) is 3. The van der Waals surface area contributed by atoms with Crippen molar-refractivity contribution in [2.45, 2.75) is 31.6 Å². The Morgan fingerprint density at radius 3 is 2.29 bits per heavy atom. The molecule has 1 fully saturated rings. The summed E-state index contributed by atoms with van der Waals surface area (Å²) in [7, 11) is 1.66. The van der Waals surface area contributed by atoms with Gasteiger partial charge in [-0.2, -0.15) is 0 Å². The lowest BCUT2D eigenvalue weighted by atomic mass is 9.74. The molecule has 0 unspecified atom stereocenters. The summed E-state index contributed by atoms with van der Waals surface area (Å²) in [6, 6.07) is 15.4. The minimum absolute atomic E-state index is 0.0681. The molecule has 0 aliphatic carbocycles. The first-order chi connectivity index (χ1) is 13.7. The van der Waals surface area contributed by atoms with Crippen molar-refractivity contribution in [3.8, 4) is 11.5 Å². The second kappa shape index (κ2) is 9.60. The SMILES string of the molecule is CCCOc1ccc(C(=O)NCC2(c3ccc(OC)cc3)CCOCC2)cc1. The first-order valence-corrected chi connectivity index (χ1v) is 9.90. The van der Waals surface area contributed by atoms with Crippen molar-refractivity contribution in [1.29, 1.82) is 0 Å². The van der Waals surface area contributed by atoms with Gasteiger partial charge in [0.05, 0.1) is 13.7 Å². The first-order valence-electron chi connectivity index (χ1n) is 9.90. The smallest absolute Gasteiger partial charge is 0.251 e. The Morgan fingerprint density at radius 2 is 1.68 bits per heavy atom. The Hall–Kier alpha value is -2.53. The summed E-state index contributed by atoms with van der Waals surface area (Å²) in [5, 5.41) is 3.13. The number of hydrogen-bond donors (Lipinski definition) is 1. The van der Waals surface area contributed by atoms with Gasteiger partial charge in [-0.15, -0.1) is 0 Å². The summed E-state index contributed by atoms with van der Waals surface area (Å²) in [4.78, 5) is 12.7. The van der Waals surface area contributed by atoms with Crippen LogP contribution in [-0.2, 0) is 10.2 Å². The zero-order chi connectivity index (χ0) is 19.8. The third-order valence-electron chi connectivity index (χ3n) is 5.33. The fraction of sp³-hybridized carbons (Fsp3) is 0.435. The molecule has 0 aromatic heterocycles. The van der Waals surface area contributed by atoms with E-state index in [0.29, 0.717) is 31.9 Å². The summed E-state index contributed by atoms with van der Waals surface area (Å²) < 4.78 is 16.4. The fourth-order valence-electron chi connectivity index (χ4n) is 3.55. The number of rotatable bonds is 8. The lowest BCUT2D eigenvalue weighted by molar-refractivity contribution is 0.0487. The van der Waals surface area contributed by atoms with Crippen LogP contribution in [0.15, 0.2) is 48.5 Å². The third kappa shape index (κ3) is 4.84. The van der Waals surface area contributed by atoms with E-state index in [1.165, 1.54) is 5.56 Å². The van der Waals surface area contributed by atoms with E-state index in [-0.39, 0.29) is 11.3 Å². The first kappa shape index (κ1) is 20.2. The second-order valence-corrected chi connectivity index (χ2v) is 7.18. The highest BCUT2D eigenvalue weighted by atomic mass is 16.5.